The Hall–Kier alpha value is -2.73. The van der Waals surface area contributed by atoms with Gasteiger partial charge >= 0.3 is 0 Å². The number of nitrogens with zero attached hydrogens (tertiary/aromatic N) is 1. The summed E-state index contributed by atoms with van der Waals surface area (Å²) >= 11 is 1.32. The number of anilines is 1. The number of amides is 1. The number of likely N-dealkylation sites (N-methyl/N-ethyl adjacent to an activating group) is 1. The number of rotatable bonds is 3. The molecule has 1 heterocycles. The lowest BCUT2D eigenvalue weighted by atomic mass is 10.1. The lowest BCUT2D eigenvalue weighted by molar-refractivity contribution is -0.255. The van der Waals surface area contributed by atoms with E-state index in [1.165, 1.54) is 28.8 Å². The summed E-state index contributed by atoms with van der Waals surface area (Å²) in [6, 6.07) is 12.0. The predicted octanol–water partition coefficient (Wildman–Crippen LogP) is 2.17. The molecule has 1 amide bonds. The van der Waals surface area contributed by atoms with E-state index in [9.17, 15) is 14.7 Å². The SMILES string of the molecule is COc1ccc(C=C2Sc3ccc(C(=O)[O-])cc3N(C)C2=O)cc1. The highest BCUT2D eigenvalue weighted by Gasteiger charge is 2.26. The van der Waals surface area contributed by atoms with E-state index in [1.54, 1.807) is 26.3 Å². The van der Waals surface area contributed by atoms with E-state index in [2.05, 4.69) is 0 Å². The third kappa shape index (κ3) is 3.00. The van der Waals surface area contributed by atoms with Gasteiger partial charge in [-0.25, -0.2) is 0 Å². The number of hydrogen-bond acceptors (Lipinski definition) is 5. The zero-order valence-corrected chi connectivity index (χ0v) is 13.9. The van der Waals surface area contributed by atoms with Crippen LogP contribution in [0.25, 0.3) is 6.08 Å². The molecule has 0 bridgehead atoms. The fourth-order valence-electron chi connectivity index (χ4n) is 2.37. The molecule has 1 aliphatic heterocycles. The van der Waals surface area contributed by atoms with Gasteiger partial charge in [-0.15, -0.1) is 0 Å². The molecule has 0 saturated carbocycles. The molecule has 2 aromatic rings. The second-order valence-corrected chi connectivity index (χ2v) is 6.30. The van der Waals surface area contributed by atoms with Crippen LogP contribution in [0.4, 0.5) is 5.69 Å². The molecule has 0 radical (unpaired) electrons. The van der Waals surface area contributed by atoms with E-state index in [0.29, 0.717) is 10.6 Å². The molecule has 3 rings (SSSR count). The Labute approximate surface area is 143 Å². The number of carbonyl (C=O) groups excluding carboxylic acids is 2. The van der Waals surface area contributed by atoms with Crippen LogP contribution in [0.3, 0.4) is 0 Å². The minimum atomic E-state index is -1.26. The van der Waals surface area contributed by atoms with Gasteiger partial charge in [0.25, 0.3) is 5.91 Å². The number of carboxylic acids is 1. The third-order valence-electron chi connectivity index (χ3n) is 3.70. The first-order chi connectivity index (χ1) is 11.5. The summed E-state index contributed by atoms with van der Waals surface area (Å²) in [5.74, 6) is -0.695. The standard InChI is InChI=1S/C18H15NO4S/c1-19-14-10-12(18(21)22)5-8-15(14)24-16(17(19)20)9-11-3-6-13(23-2)7-4-11/h3-10H,1-2H3,(H,21,22)/p-1. The van der Waals surface area contributed by atoms with Gasteiger partial charge in [-0.05, 0) is 41.5 Å². The van der Waals surface area contributed by atoms with Crippen LogP contribution >= 0.6 is 11.8 Å². The zero-order valence-electron chi connectivity index (χ0n) is 13.1. The second-order valence-electron chi connectivity index (χ2n) is 5.22. The molecule has 122 valence electrons. The number of fused-ring (bicyclic) bond motifs is 1. The number of hydrogen-bond donors (Lipinski definition) is 0. The maximum atomic E-state index is 12.5. The highest BCUT2D eigenvalue weighted by atomic mass is 32.2. The number of thioether (sulfide) groups is 1. The Morgan fingerprint density at radius 1 is 1.21 bits per heavy atom. The van der Waals surface area contributed by atoms with E-state index < -0.39 is 5.97 Å². The largest absolute Gasteiger partial charge is 0.545 e. The van der Waals surface area contributed by atoms with Gasteiger partial charge in [0.15, 0.2) is 0 Å². The molecule has 6 heteroatoms. The summed E-state index contributed by atoms with van der Waals surface area (Å²) in [4.78, 5) is 26.4. The van der Waals surface area contributed by atoms with Crippen LogP contribution in [0.1, 0.15) is 15.9 Å². The minimum Gasteiger partial charge on any atom is -0.545 e. The first kappa shape index (κ1) is 16.1. The maximum Gasteiger partial charge on any atom is 0.264 e. The van der Waals surface area contributed by atoms with E-state index in [-0.39, 0.29) is 11.5 Å². The Kier molecular flexibility index (Phi) is 4.31. The van der Waals surface area contributed by atoms with Gasteiger partial charge in [-0.3, -0.25) is 4.79 Å². The Bertz CT molecular complexity index is 843. The van der Waals surface area contributed by atoms with Gasteiger partial charge in [-0.2, -0.15) is 0 Å². The summed E-state index contributed by atoms with van der Waals surface area (Å²) < 4.78 is 5.12. The molecule has 1 aliphatic rings. The zero-order chi connectivity index (χ0) is 17.3. The molecule has 0 aromatic heterocycles. The quantitative estimate of drug-likeness (QED) is 0.801. The molecule has 2 aromatic carbocycles. The minimum absolute atomic E-state index is 0.0524. The maximum absolute atomic E-state index is 12.5. The molecule has 24 heavy (non-hydrogen) atoms. The van der Waals surface area contributed by atoms with Gasteiger partial charge in [0, 0.05) is 11.9 Å². The van der Waals surface area contributed by atoms with Crippen molar-refractivity contribution in [1.82, 2.24) is 0 Å². The van der Waals surface area contributed by atoms with Crippen LogP contribution in [-0.4, -0.2) is 26.0 Å². The second kappa shape index (κ2) is 6.41. The summed E-state index contributed by atoms with van der Waals surface area (Å²) in [6.07, 6.45) is 1.80. The van der Waals surface area contributed by atoms with Crippen molar-refractivity contribution in [1.29, 1.82) is 0 Å². The van der Waals surface area contributed by atoms with Crippen LogP contribution < -0.4 is 14.7 Å². The molecule has 0 saturated heterocycles. The lowest BCUT2D eigenvalue weighted by Gasteiger charge is -2.27. The molecule has 0 fully saturated rings. The van der Waals surface area contributed by atoms with Gasteiger partial charge in [0.2, 0.25) is 0 Å². The van der Waals surface area contributed by atoms with Crippen molar-refractivity contribution in [2.75, 3.05) is 19.1 Å². The number of methoxy groups -OCH3 is 1. The molecule has 0 atom stereocenters. The van der Waals surface area contributed by atoms with E-state index in [0.717, 1.165) is 16.2 Å². The normalized spacial score (nSPS) is 15.3. The van der Waals surface area contributed by atoms with Crippen molar-refractivity contribution in [2.24, 2.45) is 0 Å². The summed E-state index contributed by atoms with van der Waals surface area (Å²) in [6.45, 7) is 0. The Morgan fingerprint density at radius 3 is 2.54 bits per heavy atom. The number of aromatic carboxylic acids is 1. The molecular formula is C18H14NO4S-. The average molecular weight is 340 g/mol. The van der Waals surface area contributed by atoms with Gasteiger partial charge in [0.1, 0.15) is 5.75 Å². The highest BCUT2D eigenvalue weighted by molar-refractivity contribution is 8.04. The number of benzene rings is 2. The molecule has 0 unspecified atom stereocenters. The van der Waals surface area contributed by atoms with Crippen LogP contribution in [0.5, 0.6) is 5.75 Å². The predicted molar refractivity (Wildman–Crippen MR) is 91.0 cm³/mol. The monoisotopic (exact) mass is 340 g/mol. The lowest BCUT2D eigenvalue weighted by Crippen LogP contribution is -2.31. The topological polar surface area (TPSA) is 69.7 Å². The van der Waals surface area contributed by atoms with E-state index >= 15 is 0 Å². The first-order valence-electron chi connectivity index (χ1n) is 7.16. The fraction of sp³-hybridized carbons (Fsp3) is 0.111. The van der Waals surface area contributed by atoms with Crippen molar-refractivity contribution < 1.29 is 19.4 Å². The summed E-state index contributed by atoms with van der Waals surface area (Å²) in [5.41, 5.74) is 1.50. The third-order valence-corrected chi connectivity index (χ3v) is 4.78. The van der Waals surface area contributed by atoms with Crippen molar-refractivity contribution >= 4 is 35.4 Å². The van der Waals surface area contributed by atoms with E-state index in [4.69, 9.17) is 4.74 Å². The number of carbonyl (C=O) groups is 2. The Morgan fingerprint density at radius 2 is 1.92 bits per heavy atom. The number of carboxylic acid groups (broad SMARTS) is 1. The highest BCUT2D eigenvalue weighted by Crippen LogP contribution is 2.41. The van der Waals surface area contributed by atoms with Crippen LogP contribution in [0.2, 0.25) is 0 Å². The molecule has 0 N–H and O–H groups in total. The van der Waals surface area contributed by atoms with Crippen LogP contribution in [0.15, 0.2) is 52.3 Å². The first-order valence-corrected chi connectivity index (χ1v) is 7.98. The molecular weight excluding hydrogens is 326 g/mol. The smallest absolute Gasteiger partial charge is 0.264 e. The van der Waals surface area contributed by atoms with E-state index in [1.807, 2.05) is 24.3 Å². The van der Waals surface area contributed by atoms with Gasteiger partial charge < -0.3 is 19.5 Å². The van der Waals surface area contributed by atoms with Crippen LogP contribution in [0, 0.1) is 0 Å². The molecule has 0 aliphatic carbocycles. The van der Waals surface area contributed by atoms with Crippen molar-refractivity contribution in [3.8, 4) is 5.75 Å². The number of ether oxygens (including phenoxy) is 1. The molecule has 5 nitrogen and oxygen atoms in total. The van der Waals surface area contributed by atoms with Crippen molar-refractivity contribution in [3.05, 3.63) is 58.5 Å². The average Bonchev–Trinajstić information content (AvgIpc) is 2.59. The Balaban J connectivity index is 1.96. The van der Waals surface area contributed by atoms with Crippen molar-refractivity contribution in [2.45, 2.75) is 4.90 Å². The molecule has 0 spiro atoms. The van der Waals surface area contributed by atoms with Gasteiger partial charge in [-0.1, -0.05) is 30.0 Å². The summed E-state index contributed by atoms with van der Waals surface area (Å²) in [7, 11) is 3.22. The van der Waals surface area contributed by atoms with Crippen molar-refractivity contribution in [3.63, 3.8) is 0 Å². The fourth-order valence-corrected chi connectivity index (χ4v) is 3.46. The van der Waals surface area contributed by atoms with Gasteiger partial charge in [0.05, 0.1) is 23.7 Å². The summed E-state index contributed by atoms with van der Waals surface area (Å²) in [5, 5.41) is 11.0. The van der Waals surface area contributed by atoms with Crippen LogP contribution in [-0.2, 0) is 4.79 Å².